The minimum atomic E-state index is -1.31. The Morgan fingerprint density at radius 3 is 2.37 bits per heavy atom. The first-order valence-corrected chi connectivity index (χ1v) is 8.61. The molecule has 2 rings (SSSR count). The maximum absolute atomic E-state index is 13.9. The molecule has 0 aromatic heterocycles. The molecule has 5 nitrogen and oxygen atoms in total. The lowest BCUT2D eigenvalue weighted by molar-refractivity contribution is -0.134. The fourth-order valence-corrected chi connectivity index (χ4v) is 2.64. The third-order valence-electron chi connectivity index (χ3n) is 4.20. The van der Waals surface area contributed by atoms with Crippen molar-refractivity contribution in [3.8, 4) is 16.9 Å². The van der Waals surface area contributed by atoms with E-state index in [1.54, 1.807) is 0 Å². The highest BCUT2D eigenvalue weighted by atomic mass is 19.1. The Hall–Kier alpha value is -2.80. The summed E-state index contributed by atoms with van der Waals surface area (Å²) in [6.07, 6.45) is 0.120. The van der Waals surface area contributed by atoms with Gasteiger partial charge in [0.25, 0.3) is 0 Å². The molecule has 0 heterocycles. The number of benzene rings is 2. The molecule has 1 N–H and O–H groups in total. The van der Waals surface area contributed by atoms with Crippen molar-refractivity contribution in [1.29, 1.82) is 0 Å². The van der Waals surface area contributed by atoms with Gasteiger partial charge in [-0.1, -0.05) is 19.9 Å². The number of nitrogens with zero attached hydrogens (tertiary/aromatic N) is 1. The second-order valence-corrected chi connectivity index (χ2v) is 5.89. The van der Waals surface area contributed by atoms with Gasteiger partial charge >= 0.3 is 11.9 Å². The normalized spacial score (nSPS) is 10.9. The lowest BCUT2D eigenvalue weighted by atomic mass is 10.0. The molecule has 0 aliphatic rings. The summed E-state index contributed by atoms with van der Waals surface area (Å²) < 4.78 is 32.2. The van der Waals surface area contributed by atoms with Crippen molar-refractivity contribution in [3.63, 3.8) is 0 Å². The maximum atomic E-state index is 13.9. The summed E-state index contributed by atoms with van der Waals surface area (Å²) in [5.41, 5.74) is 0.0264. The number of esters is 1. The smallest absolute Gasteiger partial charge is 0.339 e. The maximum Gasteiger partial charge on any atom is 0.339 e. The van der Waals surface area contributed by atoms with Gasteiger partial charge in [-0.25, -0.2) is 13.6 Å². The van der Waals surface area contributed by atoms with E-state index < -0.39 is 23.6 Å². The Kier molecular flexibility index (Phi) is 7.01. The van der Waals surface area contributed by atoms with E-state index in [1.165, 1.54) is 24.3 Å². The molecule has 2 aromatic carbocycles. The number of carbonyl (C=O) groups excluding carboxylic acids is 1. The minimum Gasteiger partial charge on any atom is -0.478 e. The zero-order valence-corrected chi connectivity index (χ0v) is 15.2. The summed E-state index contributed by atoms with van der Waals surface area (Å²) in [6, 6.07) is 6.95. The highest BCUT2D eigenvalue weighted by Gasteiger charge is 2.18. The van der Waals surface area contributed by atoms with Crippen LogP contribution in [0.3, 0.4) is 0 Å². The van der Waals surface area contributed by atoms with Crippen molar-refractivity contribution >= 4 is 11.9 Å². The predicted octanol–water partition coefficient (Wildman–Crippen LogP) is 3.97. The topological polar surface area (TPSA) is 66.8 Å². The Morgan fingerprint density at radius 1 is 1.07 bits per heavy atom. The van der Waals surface area contributed by atoms with Crippen LogP contribution in [0.25, 0.3) is 11.1 Å². The van der Waals surface area contributed by atoms with Crippen LogP contribution >= 0.6 is 0 Å². The second-order valence-electron chi connectivity index (χ2n) is 5.89. The predicted molar refractivity (Wildman–Crippen MR) is 96.8 cm³/mol. The van der Waals surface area contributed by atoms with Crippen LogP contribution in [-0.2, 0) is 4.79 Å². The van der Waals surface area contributed by atoms with Crippen LogP contribution in [0.4, 0.5) is 8.78 Å². The van der Waals surface area contributed by atoms with Gasteiger partial charge in [0.2, 0.25) is 0 Å². The number of aromatic carboxylic acids is 1. The second kappa shape index (κ2) is 9.23. The average molecular weight is 377 g/mol. The Morgan fingerprint density at radius 2 is 1.78 bits per heavy atom. The number of halogens is 2. The molecular formula is C20H21F2NO4. The SMILES string of the molecule is CCN(CC)CCC(=O)Oc1ccc(-c2ccc(F)cc2F)cc1C(=O)O. The van der Waals surface area contributed by atoms with Gasteiger partial charge in [-0.15, -0.1) is 0 Å². The first kappa shape index (κ1) is 20.5. The lowest BCUT2D eigenvalue weighted by Crippen LogP contribution is -2.27. The third-order valence-corrected chi connectivity index (χ3v) is 4.20. The van der Waals surface area contributed by atoms with Gasteiger partial charge in [0.15, 0.2) is 0 Å². The quantitative estimate of drug-likeness (QED) is 0.557. The van der Waals surface area contributed by atoms with Gasteiger partial charge in [0, 0.05) is 18.2 Å². The van der Waals surface area contributed by atoms with Gasteiger partial charge in [0.05, 0.1) is 6.42 Å². The van der Waals surface area contributed by atoms with Crippen molar-refractivity contribution in [2.75, 3.05) is 19.6 Å². The van der Waals surface area contributed by atoms with E-state index in [2.05, 4.69) is 0 Å². The molecule has 0 radical (unpaired) electrons. The summed E-state index contributed by atoms with van der Waals surface area (Å²) in [5.74, 6) is -3.52. The summed E-state index contributed by atoms with van der Waals surface area (Å²) >= 11 is 0. The summed E-state index contributed by atoms with van der Waals surface area (Å²) in [7, 11) is 0. The van der Waals surface area contributed by atoms with Crippen molar-refractivity contribution in [2.24, 2.45) is 0 Å². The van der Waals surface area contributed by atoms with Crippen LogP contribution < -0.4 is 4.74 Å². The van der Waals surface area contributed by atoms with Crippen LogP contribution in [-0.4, -0.2) is 41.6 Å². The molecule has 0 saturated heterocycles. The molecule has 7 heteroatoms. The van der Waals surface area contributed by atoms with Crippen molar-refractivity contribution in [3.05, 3.63) is 53.6 Å². The molecule has 0 aliphatic carbocycles. The molecule has 144 valence electrons. The number of carbonyl (C=O) groups is 2. The lowest BCUT2D eigenvalue weighted by Gasteiger charge is -2.17. The molecule has 0 aliphatic heterocycles. The fraction of sp³-hybridized carbons (Fsp3) is 0.300. The van der Waals surface area contributed by atoms with E-state index in [-0.39, 0.29) is 28.9 Å². The third kappa shape index (κ3) is 5.34. The monoisotopic (exact) mass is 377 g/mol. The van der Waals surface area contributed by atoms with Crippen LogP contribution in [0.1, 0.15) is 30.6 Å². The zero-order chi connectivity index (χ0) is 20.0. The first-order valence-electron chi connectivity index (χ1n) is 8.61. The number of ether oxygens (including phenoxy) is 1. The van der Waals surface area contributed by atoms with Crippen LogP contribution in [0, 0.1) is 11.6 Å². The highest BCUT2D eigenvalue weighted by molar-refractivity contribution is 5.93. The van der Waals surface area contributed by atoms with Gasteiger partial charge in [-0.3, -0.25) is 4.79 Å². The first-order chi connectivity index (χ1) is 12.8. The van der Waals surface area contributed by atoms with E-state index in [0.29, 0.717) is 6.54 Å². The van der Waals surface area contributed by atoms with Crippen molar-refractivity contribution < 1.29 is 28.2 Å². The van der Waals surface area contributed by atoms with Crippen LogP contribution in [0.2, 0.25) is 0 Å². The van der Waals surface area contributed by atoms with Crippen LogP contribution in [0.15, 0.2) is 36.4 Å². The zero-order valence-electron chi connectivity index (χ0n) is 15.2. The highest BCUT2D eigenvalue weighted by Crippen LogP contribution is 2.29. The molecule has 0 atom stereocenters. The number of hydrogen-bond acceptors (Lipinski definition) is 4. The summed E-state index contributed by atoms with van der Waals surface area (Å²) in [6.45, 7) is 6.05. The molecule has 0 amide bonds. The average Bonchev–Trinajstić information content (AvgIpc) is 2.63. The van der Waals surface area contributed by atoms with Crippen molar-refractivity contribution in [2.45, 2.75) is 20.3 Å². The van der Waals surface area contributed by atoms with Gasteiger partial charge in [0.1, 0.15) is 22.9 Å². The van der Waals surface area contributed by atoms with Gasteiger partial charge < -0.3 is 14.7 Å². The fourth-order valence-electron chi connectivity index (χ4n) is 2.64. The van der Waals surface area contributed by atoms with E-state index in [4.69, 9.17) is 4.74 Å². The molecule has 0 fully saturated rings. The Balaban J connectivity index is 2.23. The van der Waals surface area contributed by atoms with E-state index >= 15 is 0 Å². The molecule has 0 spiro atoms. The largest absolute Gasteiger partial charge is 0.478 e. The molecular weight excluding hydrogens is 356 g/mol. The van der Waals surface area contributed by atoms with Gasteiger partial charge in [-0.05, 0) is 42.9 Å². The molecule has 0 unspecified atom stereocenters. The van der Waals surface area contributed by atoms with E-state index in [1.807, 2.05) is 18.7 Å². The van der Waals surface area contributed by atoms with E-state index in [9.17, 15) is 23.5 Å². The van der Waals surface area contributed by atoms with Crippen molar-refractivity contribution in [1.82, 2.24) is 4.90 Å². The molecule has 27 heavy (non-hydrogen) atoms. The standard InChI is InChI=1S/C20H21F2NO4/c1-3-23(4-2)10-9-19(24)27-18-8-5-13(11-16(18)20(25)26)15-7-6-14(21)12-17(15)22/h5-8,11-12H,3-4,9-10H2,1-2H3,(H,25,26). The van der Waals surface area contributed by atoms with E-state index in [0.717, 1.165) is 25.2 Å². The summed E-state index contributed by atoms with van der Waals surface area (Å²) in [5, 5.41) is 9.40. The number of rotatable bonds is 8. The number of hydrogen-bond donors (Lipinski definition) is 1. The van der Waals surface area contributed by atoms with Gasteiger partial charge in [-0.2, -0.15) is 0 Å². The Labute approximate surface area is 156 Å². The molecule has 0 saturated carbocycles. The minimum absolute atomic E-state index is 0.0540. The molecule has 0 bridgehead atoms. The number of carboxylic acid groups (broad SMARTS) is 1. The molecule has 2 aromatic rings. The van der Waals surface area contributed by atoms with Crippen LogP contribution in [0.5, 0.6) is 5.75 Å². The summed E-state index contributed by atoms with van der Waals surface area (Å²) in [4.78, 5) is 25.6. The Bertz CT molecular complexity index is 835. The number of carboxylic acids is 1.